The second kappa shape index (κ2) is 45.1. The van der Waals surface area contributed by atoms with Crippen molar-refractivity contribution in [3.05, 3.63) is 0 Å². The van der Waals surface area contributed by atoms with Crippen LogP contribution in [0.15, 0.2) is 0 Å². The number of rotatable bonds is 45. The molecule has 0 aromatic rings. The van der Waals surface area contributed by atoms with E-state index in [9.17, 15) is 0 Å². The molecule has 63 heavy (non-hydrogen) atoms. The second-order valence-corrected chi connectivity index (χ2v) is 22.4. The fourth-order valence-electron chi connectivity index (χ4n) is 9.99. The van der Waals surface area contributed by atoms with Crippen molar-refractivity contribution in [2.24, 2.45) is 0 Å². The highest BCUT2D eigenvalue weighted by atomic mass is 35.5. The van der Waals surface area contributed by atoms with Gasteiger partial charge in [-0.05, 0) is 38.5 Å². The number of unbranched alkanes of at least 4 members (excludes halogenated alkanes) is 27. The van der Waals surface area contributed by atoms with Gasteiger partial charge in [-0.2, -0.15) is 0 Å². The Hall–Kier alpha value is 0.630. The average Bonchev–Trinajstić information content (AvgIpc) is 3.19. The monoisotopic (exact) mass is 955 g/mol. The molecule has 6 nitrogen and oxygen atoms in total. The maximum Gasteiger partial charge on any atom is 0.0794 e. The first-order valence-electron chi connectivity index (χ1n) is 27.5. The predicted molar refractivity (Wildman–Crippen MR) is 270 cm³/mol. The zero-order chi connectivity index (χ0) is 44.1. The summed E-state index contributed by atoms with van der Waals surface area (Å²) in [5.74, 6) is 0. The zero-order valence-electron chi connectivity index (χ0n) is 44.6. The zero-order valence-corrected chi connectivity index (χ0v) is 46.9. The first-order chi connectivity index (χ1) is 28.9. The molecule has 0 bridgehead atoms. The summed E-state index contributed by atoms with van der Waals surface area (Å²) >= 11 is 0. The predicted octanol–water partition coefficient (Wildman–Crippen LogP) is 4.95. The van der Waals surface area contributed by atoms with Crippen LogP contribution in [0.4, 0.5) is 0 Å². The molecule has 1 aliphatic heterocycles. The van der Waals surface area contributed by atoms with Gasteiger partial charge in [0.2, 0.25) is 0 Å². The highest BCUT2D eigenvalue weighted by molar-refractivity contribution is 4.70. The van der Waals surface area contributed by atoms with Crippen molar-refractivity contribution in [3.63, 3.8) is 0 Å². The third-order valence-corrected chi connectivity index (χ3v) is 14.3. The Morgan fingerprint density at radius 3 is 0.587 bits per heavy atom. The lowest BCUT2D eigenvalue weighted by Crippen LogP contribution is -3.00. The molecule has 0 N–H and O–H groups in total. The van der Waals surface area contributed by atoms with Crippen molar-refractivity contribution >= 4 is 0 Å². The molecule has 0 atom stereocenters. The smallest absolute Gasteiger partial charge is 0.0794 e. The Morgan fingerprint density at radius 2 is 0.397 bits per heavy atom. The van der Waals surface area contributed by atoms with Gasteiger partial charge in [-0.1, -0.05) is 175 Å². The summed E-state index contributed by atoms with van der Waals surface area (Å²) in [6.07, 6.45) is 46.9. The molecule has 1 fully saturated rings. The van der Waals surface area contributed by atoms with Crippen LogP contribution in [0, 0.1) is 0 Å². The quantitative estimate of drug-likeness (QED) is 0.0633. The Bertz CT molecular complexity index is 802. The topological polar surface area (TPSA) is 9.72 Å². The molecular formula is C54H117Cl3N6. The number of quaternary nitrogens is 3. The summed E-state index contributed by atoms with van der Waals surface area (Å²) in [5.41, 5.74) is 0. The Balaban J connectivity index is -0.0000120. The summed E-state index contributed by atoms with van der Waals surface area (Å²) in [5, 5.41) is 0. The second-order valence-electron chi connectivity index (χ2n) is 22.4. The van der Waals surface area contributed by atoms with Gasteiger partial charge in [-0.15, -0.1) is 0 Å². The fourth-order valence-corrected chi connectivity index (χ4v) is 9.99. The number of hydrogen-bond donors (Lipinski definition) is 0. The van der Waals surface area contributed by atoms with Crippen molar-refractivity contribution in [1.82, 2.24) is 14.7 Å². The Labute approximate surface area is 417 Å². The van der Waals surface area contributed by atoms with Crippen LogP contribution in [0.25, 0.3) is 0 Å². The molecule has 0 amide bonds. The van der Waals surface area contributed by atoms with Crippen LogP contribution in [0.2, 0.25) is 0 Å². The van der Waals surface area contributed by atoms with E-state index in [4.69, 9.17) is 0 Å². The van der Waals surface area contributed by atoms with Crippen molar-refractivity contribution < 1.29 is 50.7 Å². The van der Waals surface area contributed by atoms with E-state index < -0.39 is 0 Å². The molecule has 384 valence electrons. The lowest BCUT2D eigenvalue weighted by molar-refractivity contribution is -0.890. The lowest BCUT2D eigenvalue weighted by atomic mass is 10.1. The van der Waals surface area contributed by atoms with Gasteiger partial charge in [-0.25, -0.2) is 0 Å². The van der Waals surface area contributed by atoms with Gasteiger partial charge in [0.15, 0.2) is 0 Å². The third-order valence-electron chi connectivity index (χ3n) is 14.3. The minimum absolute atomic E-state index is 0. The van der Waals surface area contributed by atoms with E-state index in [0.29, 0.717) is 0 Å². The van der Waals surface area contributed by atoms with Crippen LogP contribution in [0.5, 0.6) is 0 Å². The van der Waals surface area contributed by atoms with Crippen molar-refractivity contribution in [3.8, 4) is 0 Å². The van der Waals surface area contributed by atoms with Crippen molar-refractivity contribution in [2.75, 3.05) is 121 Å². The summed E-state index contributed by atoms with van der Waals surface area (Å²) in [7, 11) is 15.0. The van der Waals surface area contributed by atoms with E-state index in [1.165, 1.54) is 284 Å². The molecule has 1 aliphatic rings. The summed E-state index contributed by atoms with van der Waals surface area (Å²) < 4.78 is 3.57. The summed E-state index contributed by atoms with van der Waals surface area (Å²) in [4.78, 5) is 8.41. The standard InChI is InChI=1S/C54H117N6.3ClH/c1-10-13-16-19-22-25-28-31-34-37-46-58(4,5)49-40-43-55-52-56(44-41-50-59(6,7)47-38-35-32-29-26-23-20-17-14-11-2)54-57(53-55)45-42-51-60(8,9)48-39-36-33-30-27-24-21-18-15-12-3;;;/h10-54H2,1-9H3;3*1H/q+3;;;/p-3. The fraction of sp³-hybridized carbons (Fsp3) is 1.00. The molecule has 1 saturated heterocycles. The van der Waals surface area contributed by atoms with Crippen LogP contribution >= 0.6 is 0 Å². The molecule has 0 aromatic carbocycles. The van der Waals surface area contributed by atoms with E-state index in [1.807, 2.05) is 0 Å². The van der Waals surface area contributed by atoms with Gasteiger partial charge in [0.25, 0.3) is 0 Å². The molecule has 0 saturated carbocycles. The van der Waals surface area contributed by atoms with Crippen molar-refractivity contribution in [1.29, 1.82) is 0 Å². The van der Waals surface area contributed by atoms with Crippen LogP contribution in [-0.2, 0) is 0 Å². The number of nitrogens with zero attached hydrogens (tertiary/aromatic N) is 6. The van der Waals surface area contributed by atoms with Crippen molar-refractivity contribution in [2.45, 2.75) is 233 Å². The van der Waals surface area contributed by atoms with E-state index in [0.717, 1.165) is 20.0 Å². The van der Waals surface area contributed by atoms with Gasteiger partial charge in [-0.3, -0.25) is 14.7 Å². The molecule has 9 heteroatoms. The van der Waals surface area contributed by atoms with Gasteiger partial charge < -0.3 is 50.7 Å². The van der Waals surface area contributed by atoms with Crippen LogP contribution in [0.1, 0.15) is 233 Å². The molecule has 0 spiro atoms. The molecule has 0 unspecified atom stereocenters. The van der Waals surface area contributed by atoms with Gasteiger partial charge >= 0.3 is 0 Å². The summed E-state index contributed by atoms with van der Waals surface area (Å²) in [6, 6.07) is 0. The Morgan fingerprint density at radius 1 is 0.238 bits per heavy atom. The van der Waals surface area contributed by atoms with Crippen LogP contribution < -0.4 is 37.2 Å². The highest BCUT2D eigenvalue weighted by Crippen LogP contribution is 2.17. The van der Waals surface area contributed by atoms with E-state index in [1.54, 1.807) is 0 Å². The van der Waals surface area contributed by atoms with Gasteiger partial charge in [0, 0.05) is 38.9 Å². The van der Waals surface area contributed by atoms with E-state index in [2.05, 4.69) is 77.8 Å². The SMILES string of the molecule is CCCCCCCCCCCC[N+](C)(C)CCCN1CN(CCC[N+](C)(C)CCCCCCCCCCCC)CN(CCC[N+](C)(C)CCCCCCCCCCCC)C1.[Cl-].[Cl-].[Cl-]. The molecule has 1 rings (SSSR count). The maximum absolute atomic E-state index is 2.80. The Kier molecular flexibility index (Phi) is 48.6. The molecule has 1 heterocycles. The average molecular weight is 957 g/mol. The third kappa shape index (κ3) is 43.6. The van der Waals surface area contributed by atoms with Crippen LogP contribution in [-0.4, -0.2) is 149 Å². The number of halogens is 3. The molecule has 0 aromatic heterocycles. The first kappa shape index (κ1) is 67.9. The summed E-state index contributed by atoms with van der Waals surface area (Å²) in [6.45, 7) is 22.1. The van der Waals surface area contributed by atoms with Crippen LogP contribution in [0.3, 0.4) is 0 Å². The highest BCUT2D eigenvalue weighted by Gasteiger charge is 2.26. The van der Waals surface area contributed by atoms with Gasteiger partial charge in [0.1, 0.15) is 0 Å². The lowest BCUT2D eigenvalue weighted by Gasteiger charge is -2.43. The van der Waals surface area contributed by atoms with E-state index >= 15 is 0 Å². The van der Waals surface area contributed by atoms with E-state index in [-0.39, 0.29) is 37.2 Å². The number of hydrogen-bond acceptors (Lipinski definition) is 3. The minimum atomic E-state index is 0. The normalized spacial score (nSPS) is 14.4. The molecule has 0 aliphatic carbocycles. The maximum atomic E-state index is 2.80. The molecular weight excluding hydrogens is 839 g/mol. The van der Waals surface area contributed by atoms with Gasteiger partial charge in [0.05, 0.1) is 102 Å². The largest absolute Gasteiger partial charge is 1.00 e. The first-order valence-corrected chi connectivity index (χ1v) is 27.5. The minimum Gasteiger partial charge on any atom is -1.00 e. The molecule has 0 radical (unpaired) electrons.